The fourth-order valence-corrected chi connectivity index (χ4v) is 2.99. The summed E-state index contributed by atoms with van der Waals surface area (Å²) in [5, 5.41) is 3.01. The van der Waals surface area contributed by atoms with Gasteiger partial charge < -0.3 is 15.8 Å². The molecule has 1 aromatic rings. The average molecular weight is 306 g/mol. The summed E-state index contributed by atoms with van der Waals surface area (Å²) in [6.07, 6.45) is 6.05. The number of rotatable bonds is 5. The van der Waals surface area contributed by atoms with Crippen molar-refractivity contribution in [2.75, 3.05) is 6.61 Å². The Morgan fingerprint density at radius 1 is 1.19 bits per heavy atom. The van der Waals surface area contributed by atoms with Crippen LogP contribution in [0.3, 0.4) is 0 Å². The lowest BCUT2D eigenvalue weighted by molar-refractivity contribution is -0.124. The quantitative estimate of drug-likeness (QED) is 0.648. The number of benzene rings is 1. The topological polar surface area (TPSA) is 64.3 Å². The maximum absolute atomic E-state index is 12.2. The standard InChI is InChI=1S/C16H22N2O2S/c17-15(21)16(10-6-1-2-7-11-16)18-14(19)12-20-13-8-4-3-5-9-13/h3-5,8-9H,1-2,6-7,10-12H2,(H2,17,21)(H,18,19). The first-order valence-corrected chi connectivity index (χ1v) is 7.82. The van der Waals surface area contributed by atoms with E-state index in [1.807, 2.05) is 30.3 Å². The van der Waals surface area contributed by atoms with Crippen LogP contribution in [0.25, 0.3) is 0 Å². The number of para-hydroxylation sites is 1. The van der Waals surface area contributed by atoms with Crippen molar-refractivity contribution in [2.24, 2.45) is 5.73 Å². The van der Waals surface area contributed by atoms with E-state index in [9.17, 15) is 4.79 Å². The highest BCUT2D eigenvalue weighted by Crippen LogP contribution is 2.27. The van der Waals surface area contributed by atoms with Gasteiger partial charge in [-0.15, -0.1) is 0 Å². The van der Waals surface area contributed by atoms with Crippen molar-refractivity contribution in [3.63, 3.8) is 0 Å². The Morgan fingerprint density at radius 2 is 1.81 bits per heavy atom. The molecule has 1 fully saturated rings. The Labute approximate surface area is 131 Å². The van der Waals surface area contributed by atoms with Crippen LogP contribution < -0.4 is 15.8 Å². The van der Waals surface area contributed by atoms with Gasteiger partial charge in [-0.1, -0.05) is 56.1 Å². The second kappa shape index (κ2) is 7.41. The van der Waals surface area contributed by atoms with Crippen LogP contribution in [0.15, 0.2) is 30.3 Å². The number of hydrogen-bond acceptors (Lipinski definition) is 3. The summed E-state index contributed by atoms with van der Waals surface area (Å²) in [7, 11) is 0. The number of carbonyl (C=O) groups excluding carboxylic acids is 1. The van der Waals surface area contributed by atoms with Crippen LogP contribution in [0.1, 0.15) is 38.5 Å². The van der Waals surface area contributed by atoms with Crippen molar-refractivity contribution >= 4 is 23.1 Å². The van der Waals surface area contributed by atoms with Crippen molar-refractivity contribution in [3.8, 4) is 5.75 Å². The fraction of sp³-hybridized carbons (Fsp3) is 0.500. The molecular formula is C16H22N2O2S. The molecule has 5 heteroatoms. The van der Waals surface area contributed by atoms with E-state index in [1.54, 1.807) is 0 Å². The summed E-state index contributed by atoms with van der Waals surface area (Å²) < 4.78 is 5.47. The maximum Gasteiger partial charge on any atom is 0.258 e. The van der Waals surface area contributed by atoms with E-state index in [0.717, 1.165) is 25.7 Å². The highest BCUT2D eigenvalue weighted by Gasteiger charge is 2.35. The van der Waals surface area contributed by atoms with Crippen LogP contribution in [-0.4, -0.2) is 23.0 Å². The second-order valence-electron chi connectivity index (χ2n) is 5.51. The van der Waals surface area contributed by atoms with Gasteiger partial charge in [-0.25, -0.2) is 0 Å². The zero-order valence-corrected chi connectivity index (χ0v) is 13.0. The lowest BCUT2D eigenvalue weighted by atomic mass is 9.90. The Kier molecular flexibility index (Phi) is 5.56. The van der Waals surface area contributed by atoms with E-state index < -0.39 is 5.54 Å². The maximum atomic E-state index is 12.2. The molecule has 4 nitrogen and oxygen atoms in total. The lowest BCUT2D eigenvalue weighted by Crippen LogP contribution is -2.57. The van der Waals surface area contributed by atoms with Gasteiger partial charge in [0, 0.05) is 0 Å². The minimum absolute atomic E-state index is 0.0195. The molecule has 0 radical (unpaired) electrons. The predicted octanol–water partition coefficient (Wildman–Crippen LogP) is 2.56. The Hall–Kier alpha value is -1.62. The largest absolute Gasteiger partial charge is 0.484 e. The number of thiocarbonyl (C=S) groups is 1. The van der Waals surface area contributed by atoms with Gasteiger partial charge in [0.15, 0.2) is 6.61 Å². The summed E-state index contributed by atoms with van der Waals surface area (Å²) in [5.41, 5.74) is 5.36. The number of nitrogens with one attached hydrogen (secondary N) is 1. The third-order valence-corrected chi connectivity index (χ3v) is 4.31. The van der Waals surface area contributed by atoms with Gasteiger partial charge in [-0.2, -0.15) is 0 Å². The molecule has 114 valence electrons. The highest BCUT2D eigenvalue weighted by molar-refractivity contribution is 7.80. The summed E-state index contributed by atoms with van der Waals surface area (Å²) in [6.45, 7) is -0.0195. The normalized spacial score (nSPS) is 17.5. The zero-order chi connectivity index (χ0) is 15.1. The number of ether oxygens (including phenoxy) is 1. The van der Waals surface area contributed by atoms with Crippen LogP contribution in [0.5, 0.6) is 5.75 Å². The first-order valence-electron chi connectivity index (χ1n) is 7.41. The second-order valence-corrected chi connectivity index (χ2v) is 5.95. The first-order chi connectivity index (χ1) is 10.1. The summed E-state index contributed by atoms with van der Waals surface area (Å²) in [4.78, 5) is 12.5. The first kappa shape index (κ1) is 15.8. The molecule has 21 heavy (non-hydrogen) atoms. The monoisotopic (exact) mass is 306 g/mol. The van der Waals surface area contributed by atoms with Gasteiger partial charge in [0.2, 0.25) is 0 Å². The van der Waals surface area contributed by atoms with E-state index in [2.05, 4.69) is 5.32 Å². The van der Waals surface area contributed by atoms with Gasteiger partial charge in [0.1, 0.15) is 5.75 Å². The van der Waals surface area contributed by atoms with E-state index in [4.69, 9.17) is 22.7 Å². The Balaban J connectivity index is 1.93. The number of carbonyl (C=O) groups is 1. The fourth-order valence-electron chi connectivity index (χ4n) is 2.73. The molecule has 2 rings (SSSR count). The number of hydrogen-bond donors (Lipinski definition) is 2. The van der Waals surface area contributed by atoms with Crippen LogP contribution in [0.2, 0.25) is 0 Å². The van der Waals surface area contributed by atoms with Crippen LogP contribution >= 0.6 is 12.2 Å². The third-order valence-electron chi connectivity index (χ3n) is 3.92. The van der Waals surface area contributed by atoms with Crippen molar-refractivity contribution in [2.45, 2.75) is 44.1 Å². The van der Waals surface area contributed by atoms with Gasteiger partial charge in [-0.05, 0) is 25.0 Å². The molecule has 0 spiro atoms. The van der Waals surface area contributed by atoms with Gasteiger partial charge in [0.05, 0.1) is 10.5 Å². The van der Waals surface area contributed by atoms with Crippen LogP contribution in [0, 0.1) is 0 Å². The number of amides is 1. The van der Waals surface area contributed by atoms with Crippen molar-refractivity contribution in [1.82, 2.24) is 5.32 Å². The zero-order valence-electron chi connectivity index (χ0n) is 12.1. The molecule has 0 unspecified atom stereocenters. The molecular weight excluding hydrogens is 284 g/mol. The smallest absolute Gasteiger partial charge is 0.258 e. The van der Waals surface area contributed by atoms with Crippen molar-refractivity contribution in [1.29, 1.82) is 0 Å². The van der Waals surface area contributed by atoms with Crippen molar-refractivity contribution in [3.05, 3.63) is 30.3 Å². The molecule has 1 aromatic carbocycles. The molecule has 0 atom stereocenters. The Bertz CT molecular complexity index is 482. The highest BCUT2D eigenvalue weighted by atomic mass is 32.1. The minimum Gasteiger partial charge on any atom is -0.484 e. The van der Waals surface area contributed by atoms with Crippen LogP contribution in [0.4, 0.5) is 0 Å². The van der Waals surface area contributed by atoms with Gasteiger partial charge >= 0.3 is 0 Å². The van der Waals surface area contributed by atoms with E-state index in [0.29, 0.717) is 10.7 Å². The molecule has 0 heterocycles. The predicted molar refractivity (Wildman–Crippen MR) is 87.3 cm³/mol. The van der Waals surface area contributed by atoms with Crippen LogP contribution in [-0.2, 0) is 4.79 Å². The van der Waals surface area contributed by atoms with E-state index in [1.165, 1.54) is 12.8 Å². The Morgan fingerprint density at radius 3 is 2.38 bits per heavy atom. The third kappa shape index (κ3) is 4.43. The molecule has 1 amide bonds. The van der Waals surface area contributed by atoms with Gasteiger partial charge in [-0.3, -0.25) is 4.79 Å². The number of nitrogens with two attached hydrogens (primary N) is 1. The summed E-state index contributed by atoms with van der Waals surface area (Å²) in [6, 6.07) is 9.29. The molecule has 0 bridgehead atoms. The SMILES string of the molecule is NC(=S)C1(NC(=O)COc2ccccc2)CCCCCC1. The average Bonchev–Trinajstić information content (AvgIpc) is 2.73. The molecule has 0 aliphatic heterocycles. The van der Waals surface area contributed by atoms with Crippen molar-refractivity contribution < 1.29 is 9.53 Å². The molecule has 3 N–H and O–H groups in total. The van der Waals surface area contributed by atoms with Gasteiger partial charge in [0.25, 0.3) is 5.91 Å². The van der Waals surface area contributed by atoms with E-state index in [-0.39, 0.29) is 12.5 Å². The molecule has 0 saturated heterocycles. The molecule has 0 aromatic heterocycles. The molecule has 1 saturated carbocycles. The lowest BCUT2D eigenvalue weighted by Gasteiger charge is -2.32. The van der Waals surface area contributed by atoms with E-state index >= 15 is 0 Å². The summed E-state index contributed by atoms with van der Waals surface area (Å²) >= 11 is 5.21. The minimum atomic E-state index is -0.539. The molecule has 1 aliphatic carbocycles. The summed E-state index contributed by atoms with van der Waals surface area (Å²) in [5.74, 6) is 0.506. The molecule has 1 aliphatic rings.